The normalized spacial score (nSPS) is 12.8. The molecule has 1 aliphatic carbocycles. The highest BCUT2D eigenvalue weighted by molar-refractivity contribution is 6.98. The summed E-state index contributed by atoms with van der Waals surface area (Å²) < 4.78 is 13.1. The van der Waals surface area contributed by atoms with Crippen molar-refractivity contribution in [2.24, 2.45) is 0 Å². The highest BCUT2D eigenvalue weighted by atomic mass is 16.5. The molecule has 0 amide bonds. The van der Waals surface area contributed by atoms with E-state index in [-0.39, 0.29) is 6.71 Å². The second-order valence-electron chi connectivity index (χ2n) is 14.0. The zero-order chi connectivity index (χ0) is 34.2. The lowest BCUT2D eigenvalue weighted by Gasteiger charge is -2.33. The predicted octanol–water partition coefficient (Wildman–Crippen LogP) is 10.7. The molecule has 2 nitrogen and oxygen atoms in total. The summed E-state index contributed by atoms with van der Waals surface area (Å²) >= 11 is 0. The smallest absolute Gasteiger partial charge is 0.260 e. The van der Waals surface area contributed by atoms with E-state index in [9.17, 15) is 0 Å². The number of para-hydroxylation sites is 2. The molecule has 2 aliphatic heterocycles. The van der Waals surface area contributed by atoms with Crippen LogP contribution in [0.1, 0.15) is 11.1 Å². The van der Waals surface area contributed by atoms with Gasteiger partial charge in [-0.05, 0) is 108 Å². The molecule has 0 bridgehead atoms. The fourth-order valence-corrected chi connectivity index (χ4v) is 8.65. The fraction of sp³-hybridized carbons (Fsp3) is 0.0204. The van der Waals surface area contributed by atoms with E-state index in [4.69, 9.17) is 9.47 Å². The molecule has 0 spiro atoms. The predicted molar refractivity (Wildman–Crippen MR) is 214 cm³/mol. The minimum absolute atomic E-state index is 0.0785. The van der Waals surface area contributed by atoms with Crippen molar-refractivity contribution in [2.45, 2.75) is 6.42 Å². The number of ether oxygens (including phenoxy) is 2. The molecule has 0 atom stereocenters. The molecule has 0 N–H and O–H groups in total. The van der Waals surface area contributed by atoms with Crippen molar-refractivity contribution in [3.63, 3.8) is 0 Å². The zero-order valence-corrected chi connectivity index (χ0v) is 28.3. The third-order valence-electron chi connectivity index (χ3n) is 11.1. The summed E-state index contributed by atoms with van der Waals surface area (Å²) in [6.07, 6.45) is 0.909. The molecule has 52 heavy (non-hydrogen) atoms. The highest BCUT2D eigenvalue weighted by Crippen LogP contribution is 2.46. The Balaban J connectivity index is 0.929. The van der Waals surface area contributed by atoms with E-state index >= 15 is 0 Å². The number of hydrogen-bond donors (Lipinski definition) is 0. The van der Waals surface area contributed by atoms with Gasteiger partial charge in [0, 0.05) is 5.46 Å². The van der Waals surface area contributed by atoms with E-state index in [1.165, 1.54) is 66.6 Å². The van der Waals surface area contributed by atoms with E-state index in [0.717, 1.165) is 46.0 Å². The Morgan fingerprint density at radius 1 is 0.327 bits per heavy atom. The van der Waals surface area contributed by atoms with Gasteiger partial charge in [-0.3, -0.25) is 0 Å². The van der Waals surface area contributed by atoms with Gasteiger partial charge in [-0.2, -0.15) is 0 Å². The Kier molecular flexibility index (Phi) is 6.44. The van der Waals surface area contributed by atoms with Crippen LogP contribution in [0.5, 0.6) is 23.0 Å². The Morgan fingerprint density at radius 3 is 1.29 bits per heavy atom. The van der Waals surface area contributed by atoms with Gasteiger partial charge in [-0.1, -0.05) is 152 Å². The number of hydrogen-bond acceptors (Lipinski definition) is 2. The van der Waals surface area contributed by atoms with Gasteiger partial charge in [0.15, 0.2) is 0 Å². The summed E-state index contributed by atoms with van der Waals surface area (Å²) in [5, 5.41) is 0. The first-order valence-electron chi connectivity index (χ1n) is 18.0. The summed E-state index contributed by atoms with van der Waals surface area (Å²) in [7, 11) is 0. The van der Waals surface area contributed by atoms with Crippen LogP contribution in [0.25, 0.3) is 55.6 Å². The largest absolute Gasteiger partial charge is 0.458 e. The van der Waals surface area contributed by atoms with Crippen molar-refractivity contribution in [1.29, 1.82) is 0 Å². The molecular formula is C49H31BO2. The van der Waals surface area contributed by atoms with E-state index in [2.05, 4.69) is 164 Å². The molecular weight excluding hydrogens is 631 g/mol. The van der Waals surface area contributed by atoms with Crippen molar-refractivity contribution in [3.05, 3.63) is 187 Å². The molecule has 2 heterocycles. The van der Waals surface area contributed by atoms with Crippen LogP contribution in [0.15, 0.2) is 176 Å². The van der Waals surface area contributed by atoms with Gasteiger partial charge < -0.3 is 9.47 Å². The molecule has 0 saturated heterocycles. The molecule has 3 aliphatic rings. The van der Waals surface area contributed by atoms with Crippen molar-refractivity contribution in [3.8, 4) is 78.6 Å². The SMILES string of the molecule is c1ccc(-c2ccc(-c3cccc4c3Cc3c(-c5ccc(-c6cc7c8c(c6)Oc6ccccc6B8c6ccccc6O7)cc5)cccc3-4)cc2)cc1. The minimum Gasteiger partial charge on any atom is -0.458 e. The summed E-state index contributed by atoms with van der Waals surface area (Å²) in [6, 6.07) is 63.2. The lowest BCUT2D eigenvalue weighted by Crippen LogP contribution is -2.57. The van der Waals surface area contributed by atoms with Crippen LogP contribution in [-0.2, 0) is 6.42 Å². The van der Waals surface area contributed by atoms with Crippen LogP contribution in [0, 0.1) is 0 Å². The quantitative estimate of drug-likeness (QED) is 0.175. The number of fused-ring (bicyclic) bond motifs is 7. The van der Waals surface area contributed by atoms with E-state index in [1.807, 2.05) is 12.1 Å². The van der Waals surface area contributed by atoms with Crippen LogP contribution in [0.3, 0.4) is 0 Å². The molecule has 0 radical (unpaired) electrons. The minimum atomic E-state index is 0.0785. The maximum Gasteiger partial charge on any atom is 0.260 e. The van der Waals surface area contributed by atoms with Gasteiger partial charge in [0.25, 0.3) is 6.71 Å². The van der Waals surface area contributed by atoms with E-state index in [0.29, 0.717) is 0 Å². The van der Waals surface area contributed by atoms with E-state index in [1.54, 1.807) is 0 Å². The topological polar surface area (TPSA) is 18.5 Å². The maximum atomic E-state index is 6.56. The molecule has 0 aromatic heterocycles. The van der Waals surface area contributed by atoms with Gasteiger partial charge >= 0.3 is 0 Å². The Bertz CT molecular complexity index is 2620. The summed E-state index contributed by atoms with van der Waals surface area (Å²) in [6.45, 7) is 0.0785. The second-order valence-corrected chi connectivity index (χ2v) is 14.0. The second kappa shape index (κ2) is 11.5. The van der Waals surface area contributed by atoms with Crippen molar-refractivity contribution in [2.75, 3.05) is 0 Å². The molecule has 242 valence electrons. The Labute approximate surface area is 303 Å². The van der Waals surface area contributed by atoms with Crippen LogP contribution in [0.2, 0.25) is 0 Å². The lowest BCUT2D eigenvalue weighted by molar-refractivity contribution is 0.465. The third kappa shape index (κ3) is 4.53. The third-order valence-corrected chi connectivity index (χ3v) is 11.1. The first-order chi connectivity index (χ1) is 25.8. The standard InChI is InChI=1S/C49H31BO2/c1-2-10-31(11-3-1)32-20-24-34(25-21-32)37-12-8-14-39-40-15-9-13-38(42(40)30-41(37)39)35-26-22-33(23-27-35)36-28-47-49-48(29-36)52-46-19-7-5-17-44(46)50(49)43-16-4-6-18-45(43)51-47/h1-29H,30H2. The molecule has 8 aromatic carbocycles. The highest BCUT2D eigenvalue weighted by Gasteiger charge is 2.40. The van der Waals surface area contributed by atoms with Crippen molar-refractivity contribution in [1.82, 2.24) is 0 Å². The molecule has 0 unspecified atom stereocenters. The average molecular weight is 663 g/mol. The Hall–Kier alpha value is -6.58. The van der Waals surface area contributed by atoms with Crippen LogP contribution in [-0.4, -0.2) is 6.71 Å². The van der Waals surface area contributed by atoms with Crippen LogP contribution in [0.4, 0.5) is 0 Å². The van der Waals surface area contributed by atoms with Crippen molar-refractivity contribution >= 4 is 23.1 Å². The van der Waals surface area contributed by atoms with Gasteiger partial charge in [-0.25, -0.2) is 0 Å². The lowest BCUT2D eigenvalue weighted by atomic mass is 9.35. The summed E-state index contributed by atoms with van der Waals surface area (Å²) in [5.41, 5.74) is 18.7. The van der Waals surface area contributed by atoms with Crippen LogP contribution < -0.4 is 25.9 Å². The van der Waals surface area contributed by atoms with Gasteiger partial charge in [0.2, 0.25) is 0 Å². The average Bonchev–Trinajstić information content (AvgIpc) is 3.60. The molecule has 11 rings (SSSR count). The first kappa shape index (κ1) is 29.2. The molecule has 8 aromatic rings. The molecule has 0 saturated carbocycles. The van der Waals surface area contributed by atoms with Gasteiger partial charge in [-0.15, -0.1) is 0 Å². The first-order valence-corrected chi connectivity index (χ1v) is 18.0. The maximum absolute atomic E-state index is 6.56. The number of rotatable bonds is 4. The van der Waals surface area contributed by atoms with E-state index < -0.39 is 0 Å². The Morgan fingerprint density at radius 2 is 0.750 bits per heavy atom. The molecule has 0 fully saturated rings. The summed E-state index contributed by atoms with van der Waals surface area (Å²) in [4.78, 5) is 0. The fourth-order valence-electron chi connectivity index (χ4n) is 8.65. The van der Waals surface area contributed by atoms with Crippen molar-refractivity contribution < 1.29 is 9.47 Å². The van der Waals surface area contributed by atoms with Crippen LogP contribution >= 0.6 is 0 Å². The zero-order valence-electron chi connectivity index (χ0n) is 28.3. The monoisotopic (exact) mass is 662 g/mol. The van der Waals surface area contributed by atoms with Gasteiger partial charge in [0.1, 0.15) is 23.0 Å². The summed E-state index contributed by atoms with van der Waals surface area (Å²) in [5.74, 6) is 3.53. The molecule has 3 heteroatoms. The number of benzene rings is 8. The van der Waals surface area contributed by atoms with Gasteiger partial charge in [0.05, 0.1) is 0 Å².